The van der Waals surface area contributed by atoms with Crippen LogP contribution >= 0.6 is 0 Å². The SMILES string of the molecule is CC(C)CCC(C#N)N=NC(C#N)(CCC(C)C)c1ccccc1. The fourth-order valence-corrected chi connectivity index (χ4v) is 2.41. The number of rotatable bonds is 9. The zero-order valence-electron chi connectivity index (χ0n) is 15.2. The van der Waals surface area contributed by atoms with E-state index in [9.17, 15) is 10.5 Å². The first-order valence-electron chi connectivity index (χ1n) is 8.72. The number of azo groups is 1. The minimum Gasteiger partial charge on any atom is -0.196 e. The molecule has 4 heteroatoms. The molecule has 0 heterocycles. The molecule has 0 aliphatic rings. The largest absolute Gasteiger partial charge is 0.196 e. The molecule has 128 valence electrons. The predicted octanol–water partition coefficient (Wildman–Crippen LogP) is 5.62. The molecule has 1 aromatic rings. The minimum atomic E-state index is -1.00. The van der Waals surface area contributed by atoms with Crippen LogP contribution in [-0.4, -0.2) is 6.04 Å². The van der Waals surface area contributed by atoms with Gasteiger partial charge in [0.25, 0.3) is 0 Å². The normalized spacial score (nSPS) is 15.2. The van der Waals surface area contributed by atoms with Gasteiger partial charge in [0.05, 0.1) is 12.1 Å². The third kappa shape index (κ3) is 6.13. The molecule has 0 fully saturated rings. The van der Waals surface area contributed by atoms with Gasteiger partial charge in [-0.25, -0.2) is 0 Å². The quantitative estimate of drug-likeness (QED) is 0.553. The molecule has 0 aliphatic carbocycles. The topological polar surface area (TPSA) is 72.3 Å². The van der Waals surface area contributed by atoms with Crippen molar-refractivity contribution < 1.29 is 0 Å². The third-order valence-electron chi connectivity index (χ3n) is 4.05. The molecule has 2 atom stereocenters. The lowest BCUT2D eigenvalue weighted by molar-refractivity contribution is 0.419. The van der Waals surface area contributed by atoms with E-state index in [1.165, 1.54) is 0 Å². The third-order valence-corrected chi connectivity index (χ3v) is 4.05. The number of hydrogen-bond donors (Lipinski definition) is 0. The van der Waals surface area contributed by atoms with Crippen LogP contribution in [0.4, 0.5) is 0 Å². The van der Waals surface area contributed by atoms with Crippen LogP contribution in [0.15, 0.2) is 40.6 Å². The summed E-state index contributed by atoms with van der Waals surface area (Å²) in [5.74, 6) is 0.996. The van der Waals surface area contributed by atoms with Gasteiger partial charge in [-0.2, -0.15) is 20.8 Å². The monoisotopic (exact) mass is 324 g/mol. The van der Waals surface area contributed by atoms with Crippen molar-refractivity contribution in [1.29, 1.82) is 10.5 Å². The number of hydrogen-bond acceptors (Lipinski definition) is 4. The molecule has 1 aromatic carbocycles. The summed E-state index contributed by atoms with van der Waals surface area (Å²) in [5.41, 5.74) is -0.157. The Morgan fingerprint density at radius 3 is 2.08 bits per heavy atom. The second-order valence-corrected chi connectivity index (χ2v) is 7.10. The van der Waals surface area contributed by atoms with Crippen LogP contribution in [0.25, 0.3) is 0 Å². The number of benzene rings is 1. The first kappa shape index (κ1) is 19.8. The first-order valence-corrected chi connectivity index (χ1v) is 8.72. The molecular weight excluding hydrogens is 296 g/mol. The summed E-state index contributed by atoms with van der Waals surface area (Å²) in [4.78, 5) is 0. The molecule has 0 aliphatic heterocycles. The van der Waals surface area contributed by atoms with Crippen LogP contribution in [0.5, 0.6) is 0 Å². The Hall–Kier alpha value is -2.20. The van der Waals surface area contributed by atoms with Crippen molar-refractivity contribution >= 4 is 0 Å². The van der Waals surface area contributed by atoms with E-state index in [2.05, 4.69) is 50.1 Å². The fraction of sp³-hybridized carbons (Fsp3) is 0.600. The Balaban J connectivity index is 3.06. The van der Waals surface area contributed by atoms with Gasteiger partial charge in [-0.3, -0.25) is 0 Å². The summed E-state index contributed by atoms with van der Waals surface area (Å²) in [5, 5.41) is 27.8. The second-order valence-electron chi connectivity index (χ2n) is 7.10. The van der Waals surface area contributed by atoms with Gasteiger partial charge < -0.3 is 0 Å². The van der Waals surface area contributed by atoms with E-state index in [1.807, 2.05) is 30.3 Å². The van der Waals surface area contributed by atoms with Gasteiger partial charge in [0.2, 0.25) is 0 Å². The van der Waals surface area contributed by atoms with Crippen molar-refractivity contribution in [1.82, 2.24) is 0 Å². The Morgan fingerprint density at radius 1 is 0.958 bits per heavy atom. The van der Waals surface area contributed by atoms with Crippen LogP contribution in [0, 0.1) is 34.5 Å². The van der Waals surface area contributed by atoms with Crippen molar-refractivity contribution in [2.24, 2.45) is 22.1 Å². The predicted molar refractivity (Wildman–Crippen MR) is 96.1 cm³/mol. The summed E-state index contributed by atoms with van der Waals surface area (Å²) in [7, 11) is 0. The minimum absolute atomic E-state index is 0.476. The number of nitriles is 2. The molecule has 24 heavy (non-hydrogen) atoms. The van der Waals surface area contributed by atoms with Gasteiger partial charge in [-0.15, -0.1) is 0 Å². The summed E-state index contributed by atoms with van der Waals surface area (Å²) in [6, 6.07) is 13.7. The van der Waals surface area contributed by atoms with E-state index in [0.717, 1.165) is 18.4 Å². The molecule has 4 nitrogen and oxygen atoms in total. The number of nitrogens with zero attached hydrogens (tertiary/aromatic N) is 4. The van der Waals surface area contributed by atoms with E-state index in [1.54, 1.807) is 0 Å². The maximum absolute atomic E-state index is 9.86. The van der Waals surface area contributed by atoms with E-state index >= 15 is 0 Å². The van der Waals surface area contributed by atoms with Gasteiger partial charge in [0.15, 0.2) is 11.6 Å². The van der Waals surface area contributed by atoms with Crippen molar-refractivity contribution in [3.63, 3.8) is 0 Å². The van der Waals surface area contributed by atoms with Gasteiger partial charge in [-0.05, 0) is 43.1 Å². The molecule has 0 N–H and O–H groups in total. The maximum atomic E-state index is 9.86. The lowest BCUT2D eigenvalue weighted by atomic mass is 9.85. The Kier molecular flexibility index (Phi) is 8.13. The molecule has 0 saturated heterocycles. The average Bonchev–Trinajstić information content (AvgIpc) is 2.58. The van der Waals surface area contributed by atoms with Gasteiger partial charge >= 0.3 is 0 Å². The zero-order valence-corrected chi connectivity index (χ0v) is 15.2. The van der Waals surface area contributed by atoms with Crippen LogP contribution in [-0.2, 0) is 5.54 Å². The molecule has 0 amide bonds. The highest BCUT2D eigenvalue weighted by atomic mass is 15.2. The Bertz CT molecular complexity index is 592. The lowest BCUT2D eigenvalue weighted by Gasteiger charge is -2.23. The van der Waals surface area contributed by atoms with Crippen LogP contribution < -0.4 is 0 Å². The molecule has 0 saturated carbocycles. The van der Waals surface area contributed by atoms with Crippen molar-refractivity contribution in [2.75, 3.05) is 0 Å². The summed E-state index contributed by atoms with van der Waals surface area (Å²) in [6.45, 7) is 8.51. The van der Waals surface area contributed by atoms with E-state index in [-0.39, 0.29) is 0 Å². The molecule has 0 aromatic heterocycles. The Labute approximate surface area is 146 Å². The van der Waals surface area contributed by atoms with E-state index < -0.39 is 11.6 Å². The van der Waals surface area contributed by atoms with Gasteiger partial charge in [0.1, 0.15) is 0 Å². The summed E-state index contributed by atoms with van der Waals surface area (Å²) in [6.07, 6.45) is 3.09. The molecule has 0 radical (unpaired) electrons. The first-order chi connectivity index (χ1) is 11.4. The molecule has 0 spiro atoms. The smallest absolute Gasteiger partial charge is 0.192 e. The Morgan fingerprint density at radius 2 is 1.58 bits per heavy atom. The molecular formula is C20H28N4. The maximum Gasteiger partial charge on any atom is 0.192 e. The zero-order chi connectivity index (χ0) is 18.0. The second kappa shape index (κ2) is 9.83. The molecule has 0 bridgehead atoms. The standard InChI is InChI=1S/C20H28N4/c1-16(2)10-11-19(14-21)23-24-20(15-22,13-12-17(3)4)18-8-6-5-7-9-18/h5-9,16-17,19H,10-13H2,1-4H3. The van der Waals surface area contributed by atoms with Crippen molar-refractivity contribution in [3.05, 3.63) is 35.9 Å². The van der Waals surface area contributed by atoms with Gasteiger partial charge in [0, 0.05) is 0 Å². The van der Waals surface area contributed by atoms with Crippen molar-refractivity contribution in [2.45, 2.75) is 65.0 Å². The highest BCUT2D eigenvalue weighted by Gasteiger charge is 2.32. The summed E-state index contributed by atoms with van der Waals surface area (Å²) >= 11 is 0. The lowest BCUT2D eigenvalue weighted by Crippen LogP contribution is -2.22. The van der Waals surface area contributed by atoms with Crippen LogP contribution in [0.3, 0.4) is 0 Å². The van der Waals surface area contributed by atoms with E-state index in [0.29, 0.717) is 24.7 Å². The van der Waals surface area contributed by atoms with E-state index in [4.69, 9.17) is 0 Å². The molecule has 2 unspecified atom stereocenters. The van der Waals surface area contributed by atoms with Gasteiger partial charge in [-0.1, -0.05) is 58.0 Å². The van der Waals surface area contributed by atoms with Crippen LogP contribution in [0.2, 0.25) is 0 Å². The highest BCUT2D eigenvalue weighted by Crippen LogP contribution is 2.33. The average molecular weight is 324 g/mol. The van der Waals surface area contributed by atoms with Crippen LogP contribution in [0.1, 0.15) is 58.9 Å². The summed E-state index contributed by atoms with van der Waals surface area (Å²) < 4.78 is 0. The van der Waals surface area contributed by atoms with Crippen molar-refractivity contribution in [3.8, 4) is 12.1 Å². The highest BCUT2D eigenvalue weighted by molar-refractivity contribution is 5.31. The molecule has 1 rings (SSSR count). The fourth-order valence-electron chi connectivity index (χ4n) is 2.41.